The highest BCUT2D eigenvalue weighted by molar-refractivity contribution is 7.98. The number of thioether (sulfide) groups is 1. The van der Waals surface area contributed by atoms with Crippen molar-refractivity contribution in [3.63, 3.8) is 0 Å². The topological polar surface area (TPSA) is 98.6 Å². The Bertz CT molecular complexity index is 1010. The first-order valence-electron chi connectivity index (χ1n) is 10.9. The van der Waals surface area contributed by atoms with E-state index >= 15 is 0 Å². The number of methoxy groups -OCH3 is 1. The fourth-order valence-electron chi connectivity index (χ4n) is 3.87. The number of aromatic nitrogens is 1. The average molecular weight is 468 g/mol. The van der Waals surface area contributed by atoms with Gasteiger partial charge in [0.1, 0.15) is 23.7 Å². The van der Waals surface area contributed by atoms with Crippen LogP contribution in [0.1, 0.15) is 28.8 Å². The zero-order valence-corrected chi connectivity index (χ0v) is 19.8. The number of benzene rings is 1. The molecule has 1 aliphatic rings. The second-order valence-electron chi connectivity index (χ2n) is 7.66. The highest BCUT2D eigenvalue weighted by Gasteiger charge is 2.29. The first-order chi connectivity index (χ1) is 16.1. The van der Waals surface area contributed by atoms with Gasteiger partial charge in [0.25, 0.3) is 5.91 Å². The summed E-state index contributed by atoms with van der Waals surface area (Å²) in [5.41, 5.74) is 0.933. The van der Waals surface area contributed by atoms with Gasteiger partial charge in [0.15, 0.2) is 0 Å². The van der Waals surface area contributed by atoms with Gasteiger partial charge in [0, 0.05) is 32.4 Å². The molecule has 9 heteroatoms. The lowest BCUT2D eigenvalue weighted by molar-refractivity contribution is -0.133. The lowest BCUT2D eigenvalue weighted by Crippen LogP contribution is -2.50. The van der Waals surface area contributed by atoms with E-state index in [-0.39, 0.29) is 11.8 Å². The largest absolute Gasteiger partial charge is 0.496 e. The maximum absolute atomic E-state index is 13.4. The Morgan fingerprint density at radius 3 is 2.79 bits per heavy atom. The van der Waals surface area contributed by atoms with Crippen molar-refractivity contribution in [1.82, 2.24) is 15.2 Å². The summed E-state index contributed by atoms with van der Waals surface area (Å²) in [5.74, 6) is 1.46. The summed E-state index contributed by atoms with van der Waals surface area (Å²) in [6.07, 6.45) is 4.95. The molecular weight excluding hydrogens is 438 g/mol. The standard InChI is InChI=1S/C24H29N5O3S/c1-32-21-9-4-3-8-19(21)23(30)27-20(10-16-33-2)24(31)29-13-6-12-28(14-15-29)22-18(17-25)7-5-11-26-22/h3-5,7-9,11,20H,6,10,12-16H2,1-2H3,(H,27,30). The maximum Gasteiger partial charge on any atom is 0.255 e. The fourth-order valence-corrected chi connectivity index (χ4v) is 4.34. The molecule has 0 spiro atoms. The van der Waals surface area contributed by atoms with Gasteiger partial charge in [0.2, 0.25) is 5.91 Å². The predicted octanol–water partition coefficient (Wildman–Crippen LogP) is 2.55. The Labute approximate surface area is 198 Å². The van der Waals surface area contributed by atoms with Gasteiger partial charge in [-0.3, -0.25) is 9.59 Å². The second-order valence-corrected chi connectivity index (χ2v) is 8.65. The van der Waals surface area contributed by atoms with E-state index in [1.807, 2.05) is 11.2 Å². The molecule has 0 radical (unpaired) electrons. The van der Waals surface area contributed by atoms with Gasteiger partial charge < -0.3 is 19.9 Å². The van der Waals surface area contributed by atoms with Crippen molar-refractivity contribution >= 4 is 29.4 Å². The minimum Gasteiger partial charge on any atom is -0.496 e. The first-order valence-corrected chi connectivity index (χ1v) is 12.3. The Balaban J connectivity index is 1.71. The van der Waals surface area contributed by atoms with Crippen LogP contribution in [0.5, 0.6) is 5.75 Å². The molecule has 1 aliphatic heterocycles. The van der Waals surface area contributed by atoms with Gasteiger partial charge in [-0.05, 0) is 49.1 Å². The van der Waals surface area contributed by atoms with Crippen LogP contribution in [0.2, 0.25) is 0 Å². The number of anilines is 1. The molecule has 3 rings (SSSR count). The number of nitrogens with zero attached hydrogens (tertiary/aromatic N) is 4. The Kier molecular flexibility index (Phi) is 8.95. The van der Waals surface area contributed by atoms with E-state index in [4.69, 9.17) is 4.74 Å². The smallest absolute Gasteiger partial charge is 0.255 e. The zero-order chi connectivity index (χ0) is 23.6. The number of nitrogens with one attached hydrogen (secondary N) is 1. The molecule has 1 N–H and O–H groups in total. The van der Waals surface area contributed by atoms with Crippen LogP contribution in [0.3, 0.4) is 0 Å². The van der Waals surface area contributed by atoms with E-state index in [1.165, 1.54) is 7.11 Å². The van der Waals surface area contributed by atoms with Gasteiger partial charge in [-0.2, -0.15) is 17.0 Å². The molecule has 174 valence electrons. The number of carbonyl (C=O) groups is 2. The molecule has 0 aliphatic carbocycles. The van der Waals surface area contributed by atoms with Crippen LogP contribution < -0.4 is 15.0 Å². The molecule has 33 heavy (non-hydrogen) atoms. The molecule has 2 aromatic rings. The van der Waals surface area contributed by atoms with E-state index in [0.29, 0.717) is 55.3 Å². The summed E-state index contributed by atoms with van der Waals surface area (Å²) < 4.78 is 5.30. The van der Waals surface area contributed by atoms with Crippen molar-refractivity contribution in [2.24, 2.45) is 0 Å². The number of para-hydroxylation sites is 1. The molecule has 2 heterocycles. The maximum atomic E-state index is 13.4. The summed E-state index contributed by atoms with van der Waals surface area (Å²) in [5, 5.41) is 12.3. The summed E-state index contributed by atoms with van der Waals surface area (Å²) in [6.45, 7) is 2.37. The molecule has 1 fully saturated rings. The lowest BCUT2D eigenvalue weighted by atomic mass is 10.1. The van der Waals surface area contributed by atoms with Gasteiger partial charge in [-0.15, -0.1) is 0 Å². The highest BCUT2D eigenvalue weighted by atomic mass is 32.2. The molecule has 1 unspecified atom stereocenters. The van der Waals surface area contributed by atoms with Crippen LogP contribution in [0.4, 0.5) is 5.82 Å². The zero-order valence-electron chi connectivity index (χ0n) is 19.0. The van der Waals surface area contributed by atoms with E-state index in [2.05, 4.69) is 21.3 Å². The number of pyridine rings is 1. The minimum absolute atomic E-state index is 0.0873. The number of ether oxygens (including phenoxy) is 1. The van der Waals surface area contributed by atoms with Gasteiger partial charge in [0.05, 0.1) is 18.2 Å². The van der Waals surface area contributed by atoms with Crippen molar-refractivity contribution in [2.75, 3.05) is 50.2 Å². The average Bonchev–Trinajstić information content (AvgIpc) is 3.12. The second kappa shape index (κ2) is 12.1. The normalized spacial score (nSPS) is 14.7. The molecule has 1 aromatic heterocycles. The van der Waals surface area contributed by atoms with Crippen molar-refractivity contribution < 1.29 is 14.3 Å². The van der Waals surface area contributed by atoms with Gasteiger partial charge >= 0.3 is 0 Å². The Morgan fingerprint density at radius 1 is 1.21 bits per heavy atom. The molecule has 1 aromatic carbocycles. The molecule has 1 atom stereocenters. The predicted molar refractivity (Wildman–Crippen MR) is 130 cm³/mol. The monoisotopic (exact) mass is 467 g/mol. The SMILES string of the molecule is COc1ccccc1C(=O)NC(CCSC)C(=O)N1CCCN(c2ncccc2C#N)CC1. The Morgan fingerprint density at radius 2 is 2.03 bits per heavy atom. The van der Waals surface area contributed by atoms with Gasteiger partial charge in [-0.25, -0.2) is 4.98 Å². The number of amides is 2. The van der Waals surface area contributed by atoms with Crippen molar-refractivity contribution in [3.05, 3.63) is 53.7 Å². The third-order valence-electron chi connectivity index (χ3n) is 5.58. The van der Waals surface area contributed by atoms with Crippen molar-refractivity contribution in [2.45, 2.75) is 18.9 Å². The number of carbonyl (C=O) groups excluding carboxylic acids is 2. The summed E-state index contributed by atoms with van der Waals surface area (Å²) in [4.78, 5) is 34.6. The molecule has 0 saturated carbocycles. The van der Waals surface area contributed by atoms with Crippen LogP contribution in [-0.2, 0) is 4.79 Å². The quantitative estimate of drug-likeness (QED) is 0.637. The molecule has 8 nitrogen and oxygen atoms in total. The molecular formula is C24H29N5O3S. The van der Waals surface area contributed by atoms with Gasteiger partial charge in [-0.1, -0.05) is 12.1 Å². The van der Waals surface area contributed by atoms with E-state index in [1.54, 1.807) is 54.4 Å². The van der Waals surface area contributed by atoms with Crippen LogP contribution in [-0.4, -0.2) is 73.0 Å². The van der Waals surface area contributed by atoms with Crippen molar-refractivity contribution in [3.8, 4) is 11.8 Å². The number of hydrogen-bond donors (Lipinski definition) is 1. The first kappa shape index (κ1) is 24.4. The molecule has 0 bridgehead atoms. The summed E-state index contributed by atoms with van der Waals surface area (Å²) >= 11 is 1.64. The summed E-state index contributed by atoms with van der Waals surface area (Å²) in [7, 11) is 1.52. The number of nitriles is 1. The van der Waals surface area contributed by atoms with E-state index in [9.17, 15) is 14.9 Å². The minimum atomic E-state index is -0.620. The highest BCUT2D eigenvalue weighted by Crippen LogP contribution is 2.20. The molecule has 2 amide bonds. The lowest BCUT2D eigenvalue weighted by Gasteiger charge is -2.27. The van der Waals surface area contributed by atoms with Crippen LogP contribution in [0.25, 0.3) is 0 Å². The van der Waals surface area contributed by atoms with Crippen LogP contribution >= 0.6 is 11.8 Å². The van der Waals surface area contributed by atoms with Crippen molar-refractivity contribution in [1.29, 1.82) is 5.26 Å². The number of hydrogen-bond acceptors (Lipinski definition) is 7. The van der Waals surface area contributed by atoms with Crippen LogP contribution in [0, 0.1) is 11.3 Å². The fraction of sp³-hybridized carbons (Fsp3) is 0.417. The third kappa shape index (κ3) is 6.17. The van der Waals surface area contributed by atoms with E-state index in [0.717, 1.165) is 12.2 Å². The van der Waals surface area contributed by atoms with Crippen LogP contribution in [0.15, 0.2) is 42.6 Å². The van der Waals surface area contributed by atoms with E-state index < -0.39 is 6.04 Å². The summed E-state index contributed by atoms with van der Waals surface area (Å²) in [6, 6.07) is 12.1. The Hall–Kier alpha value is -3.25. The molecule has 1 saturated heterocycles. The third-order valence-corrected chi connectivity index (χ3v) is 6.22. The number of rotatable bonds is 8.